The Labute approximate surface area is 104 Å². The number of amides is 1. The topological polar surface area (TPSA) is 33.2 Å². The zero-order valence-electron chi connectivity index (χ0n) is 9.53. The summed E-state index contributed by atoms with van der Waals surface area (Å²) < 4.78 is 0. The van der Waals surface area contributed by atoms with Crippen LogP contribution < -0.4 is 4.90 Å². The van der Waals surface area contributed by atoms with Gasteiger partial charge < -0.3 is 0 Å². The lowest BCUT2D eigenvalue weighted by atomic mass is 10.2. The fourth-order valence-electron chi connectivity index (χ4n) is 2.08. The van der Waals surface area contributed by atoms with Crippen LogP contribution in [0.5, 0.6) is 0 Å². The Morgan fingerprint density at radius 3 is 2.88 bits per heavy atom. The molecule has 1 aromatic rings. The van der Waals surface area contributed by atoms with E-state index in [2.05, 4.69) is 27.0 Å². The second-order valence-electron chi connectivity index (χ2n) is 4.38. The summed E-state index contributed by atoms with van der Waals surface area (Å²) in [6.07, 6.45) is 2.44. The average molecular weight is 283 g/mol. The van der Waals surface area contributed by atoms with Crippen LogP contribution in [0.15, 0.2) is 12.3 Å². The molecule has 86 valence electrons. The molecule has 2 rings (SSSR count). The molecule has 0 saturated carbocycles. The highest BCUT2D eigenvalue weighted by Crippen LogP contribution is 2.27. The summed E-state index contributed by atoms with van der Waals surface area (Å²) >= 11 is 3.43. The first-order valence-electron chi connectivity index (χ1n) is 5.41. The SMILES string of the molecule is Cc1cnc(N2CC(CBr)CC2=O)c(C)c1. The monoisotopic (exact) mass is 282 g/mol. The normalized spacial score (nSPS) is 20.6. The van der Waals surface area contributed by atoms with Crippen LogP contribution in [0.3, 0.4) is 0 Å². The Hall–Kier alpha value is -0.900. The van der Waals surface area contributed by atoms with Gasteiger partial charge in [0.05, 0.1) is 0 Å². The maximum atomic E-state index is 11.8. The van der Waals surface area contributed by atoms with Crippen molar-refractivity contribution in [1.82, 2.24) is 4.98 Å². The molecule has 0 bridgehead atoms. The molecule has 0 aliphatic carbocycles. The largest absolute Gasteiger partial charge is 0.296 e. The Morgan fingerprint density at radius 1 is 1.56 bits per heavy atom. The molecule has 1 atom stereocenters. The number of anilines is 1. The number of hydrogen-bond acceptors (Lipinski definition) is 2. The second-order valence-corrected chi connectivity index (χ2v) is 5.03. The molecular weight excluding hydrogens is 268 g/mol. The lowest BCUT2D eigenvalue weighted by Gasteiger charge is -2.17. The minimum absolute atomic E-state index is 0.184. The highest BCUT2D eigenvalue weighted by molar-refractivity contribution is 9.09. The van der Waals surface area contributed by atoms with Crippen molar-refractivity contribution < 1.29 is 4.79 Å². The molecule has 2 heterocycles. The van der Waals surface area contributed by atoms with Crippen molar-refractivity contribution in [1.29, 1.82) is 0 Å². The molecule has 3 nitrogen and oxygen atoms in total. The predicted octanol–water partition coefficient (Wildman–Crippen LogP) is 2.45. The summed E-state index contributed by atoms with van der Waals surface area (Å²) in [6, 6.07) is 2.07. The number of rotatable bonds is 2. The van der Waals surface area contributed by atoms with E-state index in [0.717, 1.165) is 28.8 Å². The van der Waals surface area contributed by atoms with Crippen LogP contribution in [0.4, 0.5) is 5.82 Å². The van der Waals surface area contributed by atoms with Gasteiger partial charge in [0.25, 0.3) is 0 Å². The van der Waals surface area contributed by atoms with Gasteiger partial charge in [-0.2, -0.15) is 0 Å². The number of carbonyl (C=O) groups excluding carboxylic acids is 1. The van der Waals surface area contributed by atoms with Crippen molar-refractivity contribution in [3.8, 4) is 0 Å². The maximum Gasteiger partial charge on any atom is 0.228 e. The van der Waals surface area contributed by atoms with E-state index in [9.17, 15) is 4.79 Å². The summed E-state index contributed by atoms with van der Waals surface area (Å²) in [5, 5.41) is 0.875. The number of pyridine rings is 1. The van der Waals surface area contributed by atoms with Crippen LogP contribution in [0, 0.1) is 19.8 Å². The number of nitrogens with zero attached hydrogens (tertiary/aromatic N) is 2. The van der Waals surface area contributed by atoms with Crippen molar-refractivity contribution in [2.75, 3.05) is 16.8 Å². The molecule has 0 radical (unpaired) electrons. The van der Waals surface area contributed by atoms with Crippen LogP contribution in [-0.2, 0) is 4.79 Å². The number of halogens is 1. The first-order valence-corrected chi connectivity index (χ1v) is 6.53. The standard InChI is InChI=1S/C12H15BrN2O/c1-8-3-9(2)12(14-6-8)15-7-10(5-13)4-11(15)16/h3,6,10H,4-5,7H2,1-2H3. The van der Waals surface area contributed by atoms with E-state index in [4.69, 9.17) is 0 Å². The zero-order valence-corrected chi connectivity index (χ0v) is 11.1. The van der Waals surface area contributed by atoms with E-state index in [1.165, 1.54) is 0 Å². The van der Waals surface area contributed by atoms with E-state index < -0.39 is 0 Å². The molecule has 1 fully saturated rings. The van der Waals surface area contributed by atoms with Crippen LogP contribution in [0.25, 0.3) is 0 Å². The molecule has 1 saturated heterocycles. The van der Waals surface area contributed by atoms with Gasteiger partial charge in [0.2, 0.25) is 5.91 Å². The Balaban J connectivity index is 2.28. The summed E-state index contributed by atoms with van der Waals surface area (Å²) in [5.41, 5.74) is 2.20. The Bertz CT molecular complexity index is 419. The third kappa shape index (κ3) is 2.12. The van der Waals surface area contributed by atoms with E-state index >= 15 is 0 Å². The quantitative estimate of drug-likeness (QED) is 0.781. The van der Waals surface area contributed by atoms with Crippen molar-refractivity contribution in [2.24, 2.45) is 5.92 Å². The Morgan fingerprint density at radius 2 is 2.31 bits per heavy atom. The lowest BCUT2D eigenvalue weighted by Crippen LogP contribution is -2.26. The lowest BCUT2D eigenvalue weighted by molar-refractivity contribution is -0.117. The maximum absolute atomic E-state index is 11.8. The van der Waals surface area contributed by atoms with Crippen molar-refractivity contribution in [3.05, 3.63) is 23.4 Å². The van der Waals surface area contributed by atoms with Gasteiger partial charge in [-0.3, -0.25) is 9.69 Å². The number of alkyl halides is 1. The van der Waals surface area contributed by atoms with Gasteiger partial charge in [-0.05, 0) is 30.9 Å². The minimum Gasteiger partial charge on any atom is -0.296 e. The van der Waals surface area contributed by atoms with Gasteiger partial charge in [-0.15, -0.1) is 0 Å². The first kappa shape index (κ1) is 11.6. The fourth-order valence-corrected chi connectivity index (χ4v) is 2.51. The summed E-state index contributed by atoms with van der Waals surface area (Å²) in [7, 11) is 0. The molecule has 16 heavy (non-hydrogen) atoms. The number of carbonyl (C=O) groups is 1. The molecule has 0 N–H and O–H groups in total. The zero-order chi connectivity index (χ0) is 11.7. The van der Waals surface area contributed by atoms with Gasteiger partial charge in [-0.1, -0.05) is 22.0 Å². The molecule has 4 heteroatoms. The second kappa shape index (κ2) is 4.53. The van der Waals surface area contributed by atoms with E-state index in [0.29, 0.717) is 12.3 Å². The molecule has 0 spiro atoms. The average Bonchev–Trinajstić information content (AvgIpc) is 2.60. The van der Waals surface area contributed by atoms with E-state index in [-0.39, 0.29) is 5.91 Å². The van der Waals surface area contributed by atoms with Crippen LogP contribution in [-0.4, -0.2) is 22.8 Å². The van der Waals surface area contributed by atoms with E-state index in [1.54, 1.807) is 4.90 Å². The van der Waals surface area contributed by atoms with Gasteiger partial charge in [-0.25, -0.2) is 4.98 Å². The minimum atomic E-state index is 0.184. The molecule has 1 aliphatic rings. The van der Waals surface area contributed by atoms with Crippen LogP contribution in [0.2, 0.25) is 0 Å². The summed E-state index contributed by atoms with van der Waals surface area (Å²) in [6.45, 7) is 4.79. The number of hydrogen-bond donors (Lipinski definition) is 0. The van der Waals surface area contributed by atoms with Crippen molar-refractivity contribution >= 4 is 27.7 Å². The number of aryl methyl sites for hydroxylation is 2. The van der Waals surface area contributed by atoms with Gasteiger partial charge in [0.15, 0.2) is 0 Å². The molecule has 1 aliphatic heterocycles. The third-order valence-electron chi connectivity index (χ3n) is 2.87. The van der Waals surface area contributed by atoms with Crippen LogP contribution >= 0.6 is 15.9 Å². The van der Waals surface area contributed by atoms with Gasteiger partial charge in [0.1, 0.15) is 5.82 Å². The fraction of sp³-hybridized carbons (Fsp3) is 0.500. The van der Waals surface area contributed by atoms with Crippen LogP contribution in [0.1, 0.15) is 17.5 Å². The summed E-state index contributed by atoms with van der Waals surface area (Å²) in [4.78, 5) is 18.0. The molecule has 1 aromatic heterocycles. The van der Waals surface area contributed by atoms with Crippen molar-refractivity contribution in [2.45, 2.75) is 20.3 Å². The molecule has 1 amide bonds. The van der Waals surface area contributed by atoms with Gasteiger partial charge >= 0.3 is 0 Å². The molecule has 0 aromatic carbocycles. The highest BCUT2D eigenvalue weighted by atomic mass is 79.9. The Kier molecular flexibility index (Phi) is 3.28. The third-order valence-corrected chi connectivity index (χ3v) is 3.78. The molecule has 1 unspecified atom stereocenters. The smallest absolute Gasteiger partial charge is 0.228 e. The highest BCUT2D eigenvalue weighted by Gasteiger charge is 2.31. The van der Waals surface area contributed by atoms with Gasteiger partial charge in [0, 0.05) is 24.5 Å². The number of aromatic nitrogens is 1. The summed E-state index contributed by atoms with van der Waals surface area (Å²) in [5.74, 6) is 1.41. The first-order chi connectivity index (χ1) is 7.61. The van der Waals surface area contributed by atoms with E-state index in [1.807, 2.05) is 20.0 Å². The molecular formula is C12H15BrN2O. The predicted molar refractivity (Wildman–Crippen MR) is 68.0 cm³/mol. The van der Waals surface area contributed by atoms with Crippen molar-refractivity contribution in [3.63, 3.8) is 0 Å².